The monoisotopic (exact) mass is 343 g/mol. The van der Waals surface area contributed by atoms with E-state index < -0.39 is 6.10 Å². The number of benzene rings is 1. The number of aliphatic hydroxyl groups excluding tert-OH is 1. The first kappa shape index (κ1) is 15.9. The van der Waals surface area contributed by atoms with Crippen molar-refractivity contribution in [3.8, 4) is 0 Å². The van der Waals surface area contributed by atoms with Crippen molar-refractivity contribution < 1.29 is 5.11 Å². The molecule has 3 unspecified atom stereocenters. The molecule has 1 aromatic heterocycles. The van der Waals surface area contributed by atoms with Gasteiger partial charge in [-0.1, -0.05) is 17.7 Å². The van der Waals surface area contributed by atoms with Gasteiger partial charge >= 0.3 is 0 Å². The van der Waals surface area contributed by atoms with Gasteiger partial charge in [0.2, 0.25) is 0 Å². The van der Waals surface area contributed by atoms with E-state index in [1.54, 1.807) is 12.4 Å². The van der Waals surface area contributed by atoms with Crippen LogP contribution in [0.15, 0.2) is 42.7 Å². The van der Waals surface area contributed by atoms with Gasteiger partial charge in [-0.25, -0.2) is 0 Å². The summed E-state index contributed by atoms with van der Waals surface area (Å²) in [6.45, 7) is 2.71. The lowest BCUT2D eigenvalue weighted by Gasteiger charge is -2.38. The van der Waals surface area contributed by atoms with Gasteiger partial charge < -0.3 is 14.9 Å². The number of rotatable bonds is 3. The van der Waals surface area contributed by atoms with Crippen LogP contribution in [0.4, 0.5) is 5.69 Å². The minimum absolute atomic E-state index is 0.431. The summed E-state index contributed by atoms with van der Waals surface area (Å²) >= 11 is 6.25. The van der Waals surface area contributed by atoms with Crippen molar-refractivity contribution in [3.05, 3.63) is 58.9 Å². The number of fused-ring (bicyclic) bond motifs is 3. The zero-order chi connectivity index (χ0) is 16.7. The summed E-state index contributed by atoms with van der Waals surface area (Å²) < 4.78 is 0. The first-order valence-electron chi connectivity index (χ1n) is 8.46. The number of anilines is 1. The van der Waals surface area contributed by atoms with Gasteiger partial charge in [0.1, 0.15) is 0 Å². The molecule has 1 aromatic carbocycles. The van der Waals surface area contributed by atoms with Crippen LogP contribution in [0, 0.1) is 0 Å². The third-order valence-electron chi connectivity index (χ3n) is 5.32. The molecule has 126 valence electrons. The zero-order valence-corrected chi connectivity index (χ0v) is 14.5. The van der Waals surface area contributed by atoms with E-state index in [0.29, 0.717) is 18.5 Å². The normalized spacial score (nSPS) is 24.5. The highest BCUT2D eigenvalue weighted by Gasteiger charge is 2.41. The molecule has 1 fully saturated rings. The number of halogens is 1. The second-order valence-corrected chi connectivity index (χ2v) is 7.32. The van der Waals surface area contributed by atoms with Crippen molar-refractivity contribution in [2.24, 2.45) is 0 Å². The van der Waals surface area contributed by atoms with Crippen molar-refractivity contribution in [1.29, 1.82) is 0 Å². The van der Waals surface area contributed by atoms with Crippen LogP contribution in [0.5, 0.6) is 0 Å². The van der Waals surface area contributed by atoms with Gasteiger partial charge in [-0.15, -0.1) is 0 Å². The van der Waals surface area contributed by atoms with Crippen LogP contribution >= 0.6 is 11.6 Å². The largest absolute Gasteiger partial charge is 0.386 e. The maximum absolute atomic E-state index is 10.7. The summed E-state index contributed by atoms with van der Waals surface area (Å²) in [7, 11) is 2.17. The number of piperidine rings is 1. The Kier molecular flexibility index (Phi) is 4.21. The maximum Gasteiger partial charge on any atom is 0.0979 e. The lowest BCUT2D eigenvalue weighted by atomic mass is 9.89. The number of likely N-dealkylation sites (tertiary alicyclic amines) is 1. The molecule has 2 aliphatic rings. The fraction of sp³-hybridized carbons (Fsp3) is 0.421. The Balaban J connectivity index is 1.65. The van der Waals surface area contributed by atoms with Crippen LogP contribution < -0.4 is 4.90 Å². The van der Waals surface area contributed by atoms with Gasteiger partial charge in [-0.3, -0.25) is 4.98 Å². The van der Waals surface area contributed by atoms with E-state index in [1.807, 2.05) is 18.2 Å². The Labute approximate surface area is 147 Å². The number of nitrogens with zero attached hydrogens (tertiary/aromatic N) is 3. The number of hydrogen-bond acceptors (Lipinski definition) is 4. The summed E-state index contributed by atoms with van der Waals surface area (Å²) in [6.07, 6.45) is 4.04. The molecule has 4 rings (SSSR count). The third kappa shape index (κ3) is 2.79. The van der Waals surface area contributed by atoms with Crippen molar-refractivity contribution in [3.63, 3.8) is 0 Å². The zero-order valence-electron chi connectivity index (χ0n) is 13.8. The Hall–Kier alpha value is -1.62. The van der Waals surface area contributed by atoms with Crippen LogP contribution in [0.3, 0.4) is 0 Å². The Morgan fingerprint density at radius 3 is 3.04 bits per heavy atom. The van der Waals surface area contributed by atoms with Gasteiger partial charge in [-0.2, -0.15) is 0 Å². The summed E-state index contributed by atoms with van der Waals surface area (Å²) in [6, 6.07) is 10.4. The third-order valence-corrected chi connectivity index (χ3v) is 5.55. The van der Waals surface area contributed by atoms with E-state index in [1.165, 1.54) is 11.3 Å². The first-order chi connectivity index (χ1) is 11.6. The Bertz CT molecular complexity index is 724. The molecule has 5 heteroatoms. The van der Waals surface area contributed by atoms with Gasteiger partial charge in [0.05, 0.1) is 6.10 Å². The Morgan fingerprint density at radius 1 is 1.38 bits per heavy atom. The van der Waals surface area contributed by atoms with E-state index in [9.17, 15) is 5.11 Å². The van der Waals surface area contributed by atoms with E-state index in [2.05, 4.69) is 34.0 Å². The van der Waals surface area contributed by atoms with Gasteiger partial charge in [0.15, 0.2) is 0 Å². The van der Waals surface area contributed by atoms with Crippen LogP contribution in [-0.2, 0) is 0 Å². The van der Waals surface area contributed by atoms with Crippen LogP contribution in [-0.4, -0.2) is 47.7 Å². The second-order valence-electron chi connectivity index (χ2n) is 6.88. The molecule has 3 atom stereocenters. The molecule has 0 bridgehead atoms. The highest BCUT2D eigenvalue weighted by atomic mass is 35.5. The van der Waals surface area contributed by atoms with Gasteiger partial charge in [0, 0.05) is 53.7 Å². The SMILES string of the molecule is CN1CCC2C(C1)c1cc(Cl)ccc1N2CC(O)c1cccnc1. The number of aliphatic hydroxyl groups is 1. The second kappa shape index (κ2) is 6.36. The molecule has 0 aliphatic carbocycles. The number of likely N-dealkylation sites (N-methyl/N-ethyl adjacent to an activating group) is 1. The van der Waals surface area contributed by atoms with E-state index in [-0.39, 0.29) is 0 Å². The summed E-state index contributed by atoms with van der Waals surface area (Å²) in [5.41, 5.74) is 3.40. The molecule has 0 radical (unpaired) electrons. The molecule has 1 N–H and O–H groups in total. The van der Waals surface area contributed by atoms with Gasteiger partial charge in [-0.05, 0) is 49.8 Å². The van der Waals surface area contributed by atoms with Crippen molar-refractivity contribution in [2.45, 2.75) is 24.5 Å². The molecule has 2 aliphatic heterocycles. The van der Waals surface area contributed by atoms with Crippen LogP contribution in [0.2, 0.25) is 5.02 Å². The lowest BCUT2D eigenvalue weighted by molar-refractivity contribution is 0.171. The van der Waals surface area contributed by atoms with Gasteiger partial charge in [0.25, 0.3) is 0 Å². The highest BCUT2D eigenvalue weighted by Crippen LogP contribution is 2.46. The average molecular weight is 344 g/mol. The van der Waals surface area contributed by atoms with Crippen molar-refractivity contribution in [1.82, 2.24) is 9.88 Å². The summed E-state index contributed by atoms with van der Waals surface area (Å²) in [4.78, 5) is 8.88. The highest BCUT2D eigenvalue weighted by molar-refractivity contribution is 6.30. The number of β-amino-alcohol motifs (C(OH)–C–C–N with tert-alkyl or cyclic N) is 1. The predicted octanol–water partition coefficient (Wildman–Crippen LogP) is 3.08. The van der Waals surface area contributed by atoms with Crippen molar-refractivity contribution in [2.75, 3.05) is 31.6 Å². The average Bonchev–Trinajstić information content (AvgIpc) is 2.88. The standard InChI is InChI=1S/C19H22ClN3O/c1-22-8-6-18-16(11-22)15-9-14(20)4-5-17(15)23(18)12-19(24)13-3-2-7-21-10-13/h2-5,7,9-10,16,18-19,24H,6,8,11-12H2,1H3. The Morgan fingerprint density at radius 2 is 2.25 bits per heavy atom. The number of aromatic nitrogens is 1. The molecular formula is C19H22ClN3O. The van der Waals surface area contributed by atoms with E-state index >= 15 is 0 Å². The number of hydrogen-bond donors (Lipinski definition) is 1. The summed E-state index contributed by atoms with van der Waals surface area (Å²) in [5, 5.41) is 11.5. The molecule has 24 heavy (non-hydrogen) atoms. The topological polar surface area (TPSA) is 39.6 Å². The minimum atomic E-state index is -0.541. The number of pyridine rings is 1. The smallest absolute Gasteiger partial charge is 0.0979 e. The van der Waals surface area contributed by atoms with E-state index in [0.717, 1.165) is 30.1 Å². The molecule has 0 spiro atoms. The predicted molar refractivity (Wildman–Crippen MR) is 96.6 cm³/mol. The molecule has 3 heterocycles. The van der Waals surface area contributed by atoms with Crippen LogP contribution in [0.25, 0.3) is 0 Å². The summed E-state index contributed by atoms with van der Waals surface area (Å²) in [5.74, 6) is 0.457. The molecule has 0 amide bonds. The molecule has 4 nitrogen and oxygen atoms in total. The van der Waals surface area contributed by atoms with E-state index in [4.69, 9.17) is 11.6 Å². The molecule has 0 saturated carbocycles. The van der Waals surface area contributed by atoms with Crippen LogP contribution in [0.1, 0.15) is 29.6 Å². The lowest BCUT2D eigenvalue weighted by Crippen LogP contribution is -2.46. The molecule has 2 aromatic rings. The molecule has 1 saturated heterocycles. The van der Waals surface area contributed by atoms with Crippen molar-refractivity contribution >= 4 is 17.3 Å². The fourth-order valence-corrected chi connectivity index (χ4v) is 4.32. The quantitative estimate of drug-likeness (QED) is 0.929. The first-order valence-corrected chi connectivity index (χ1v) is 8.84. The maximum atomic E-state index is 10.7. The minimum Gasteiger partial charge on any atom is -0.386 e. The molecular weight excluding hydrogens is 322 g/mol. The fourth-order valence-electron chi connectivity index (χ4n) is 4.14.